The average molecular weight is 306 g/mol. The third-order valence-corrected chi connectivity index (χ3v) is 5.24. The molecule has 0 unspecified atom stereocenters. The van der Waals surface area contributed by atoms with Gasteiger partial charge in [-0.05, 0) is 43.1 Å². The van der Waals surface area contributed by atoms with E-state index in [-0.39, 0.29) is 30.1 Å². The molecule has 1 heterocycles. The molecule has 1 aliphatic carbocycles. The largest absolute Gasteiger partial charge is 0.393 e. The normalized spacial score (nSPS) is 35.5. The van der Waals surface area contributed by atoms with Gasteiger partial charge in [0.2, 0.25) is 0 Å². The molecule has 22 heavy (non-hydrogen) atoms. The maximum Gasteiger partial charge on any atom is 0.155 e. The molecular weight excluding hydrogens is 280 g/mol. The molecule has 0 spiro atoms. The minimum absolute atomic E-state index is 0.00328. The average Bonchev–Trinajstić information content (AvgIpc) is 2.99. The third kappa shape index (κ3) is 3.69. The first kappa shape index (κ1) is 15.9. The van der Waals surface area contributed by atoms with E-state index in [1.807, 2.05) is 18.2 Å². The van der Waals surface area contributed by atoms with E-state index in [1.54, 1.807) is 0 Å². The monoisotopic (exact) mass is 306 g/mol. The van der Waals surface area contributed by atoms with Crippen LogP contribution in [0.5, 0.6) is 0 Å². The Hall–Kier alpha value is -0.940. The number of fused-ring (bicyclic) bond motifs is 1. The van der Waals surface area contributed by atoms with E-state index in [9.17, 15) is 15.3 Å². The summed E-state index contributed by atoms with van der Waals surface area (Å²) in [6.45, 7) is 0. The summed E-state index contributed by atoms with van der Waals surface area (Å²) in [4.78, 5) is 0. The van der Waals surface area contributed by atoms with Crippen molar-refractivity contribution in [3.05, 3.63) is 35.9 Å². The van der Waals surface area contributed by atoms with Crippen molar-refractivity contribution in [2.24, 2.45) is 11.8 Å². The van der Waals surface area contributed by atoms with Crippen LogP contribution in [0.2, 0.25) is 0 Å². The van der Waals surface area contributed by atoms with Gasteiger partial charge in [-0.3, -0.25) is 0 Å². The molecule has 0 radical (unpaired) electrons. The van der Waals surface area contributed by atoms with E-state index in [0.717, 1.165) is 19.3 Å². The summed E-state index contributed by atoms with van der Waals surface area (Å²) in [5.41, 5.74) is 1.25. The van der Waals surface area contributed by atoms with Gasteiger partial charge in [0, 0.05) is 12.8 Å². The lowest BCUT2D eigenvalue weighted by Crippen LogP contribution is -2.22. The van der Waals surface area contributed by atoms with E-state index in [0.29, 0.717) is 19.3 Å². The summed E-state index contributed by atoms with van der Waals surface area (Å²) < 4.78 is 5.43. The number of rotatable bonds is 6. The van der Waals surface area contributed by atoms with Crippen LogP contribution in [0.15, 0.2) is 30.3 Å². The van der Waals surface area contributed by atoms with Crippen molar-refractivity contribution in [2.75, 3.05) is 0 Å². The second-order valence-electron chi connectivity index (χ2n) is 6.75. The standard InChI is InChI=1S/C18H26O4/c19-13(7-6-12-4-2-1-3-5-12)8-9-14-15-10-18(21)22-17(15)11-16(14)20/h1-5,13-21H,6-11H2/t13-,14+,15+,16+,17-,18+/m0/s1. The van der Waals surface area contributed by atoms with E-state index >= 15 is 0 Å². The molecule has 1 aliphatic heterocycles. The Morgan fingerprint density at radius 1 is 1.09 bits per heavy atom. The van der Waals surface area contributed by atoms with Crippen molar-refractivity contribution in [1.82, 2.24) is 0 Å². The van der Waals surface area contributed by atoms with Crippen LogP contribution >= 0.6 is 0 Å². The van der Waals surface area contributed by atoms with Crippen LogP contribution in [-0.2, 0) is 11.2 Å². The zero-order chi connectivity index (χ0) is 15.5. The van der Waals surface area contributed by atoms with Gasteiger partial charge in [-0.2, -0.15) is 0 Å². The van der Waals surface area contributed by atoms with Gasteiger partial charge in [0.25, 0.3) is 0 Å². The minimum atomic E-state index is -0.673. The predicted molar refractivity (Wildman–Crippen MR) is 83.1 cm³/mol. The van der Waals surface area contributed by atoms with Crippen molar-refractivity contribution < 1.29 is 20.1 Å². The second kappa shape index (κ2) is 7.09. The first-order chi connectivity index (χ1) is 10.6. The highest BCUT2D eigenvalue weighted by Gasteiger charge is 2.48. The SMILES string of the molecule is O[C@@H](CCc1ccccc1)CC[C@@H]1[C@H]2C[C@H](O)O[C@H]2C[C@H]1O. The van der Waals surface area contributed by atoms with Crippen LogP contribution in [0.1, 0.15) is 37.7 Å². The molecule has 3 N–H and O–H groups in total. The zero-order valence-electron chi connectivity index (χ0n) is 12.8. The summed E-state index contributed by atoms with van der Waals surface area (Å²) in [6, 6.07) is 10.2. The Morgan fingerprint density at radius 2 is 1.86 bits per heavy atom. The van der Waals surface area contributed by atoms with Crippen molar-refractivity contribution in [3.63, 3.8) is 0 Å². The van der Waals surface area contributed by atoms with Gasteiger partial charge >= 0.3 is 0 Å². The quantitative estimate of drug-likeness (QED) is 0.750. The Morgan fingerprint density at radius 3 is 2.64 bits per heavy atom. The maximum absolute atomic E-state index is 10.2. The van der Waals surface area contributed by atoms with E-state index < -0.39 is 6.29 Å². The zero-order valence-corrected chi connectivity index (χ0v) is 12.8. The van der Waals surface area contributed by atoms with Crippen LogP contribution < -0.4 is 0 Å². The molecule has 0 aromatic heterocycles. The predicted octanol–water partition coefficient (Wildman–Crippen LogP) is 1.86. The van der Waals surface area contributed by atoms with Crippen molar-refractivity contribution in [1.29, 1.82) is 0 Å². The Labute approximate surface area is 131 Å². The lowest BCUT2D eigenvalue weighted by Gasteiger charge is -2.21. The number of aliphatic hydroxyl groups is 3. The van der Waals surface area contributed by atoms with E-state index in [1.165, 1.54) is 5.56 Å². The fourth-order valence-electron chi connectivity index (χ4n) is 4.04. The molecule has 1 saturated carbocycles. The number of hydrogen-bond acceptors (Lipinski definition) is 4. The summed E-state index contributed by atoms with van der Waals surface area (Å²) in [6.07, 6.45) is 3.00. The highest BCUT2D eigenvalue weighted by Crippen LogP contribution is 2.44. The molecule has 2 aliphatic rings. The number of ether oxygens (including phenoxy) is 1. The fourth-order valence-corrected chi connectivity index (χ4v) is 4.04. The number of aliphatic hydroxyl groups excluding tert-OH is 3. The first-order valence-electron chi connectivity index (χ1n) is 8.37. The van der Waals surface area contributed by atoms with Gasteiger partial charge in [-0.25, -0.2) is 0 Å². The summed E-state index contributed by atoms with van der Waals surface area (Å²) in [7, 11) is 0. The second-order valence-corrected chi connectivity index (χ2v) is 6.75. The van der Waals surface area contributed by atoms with Crippen LogP contribution in [-0.4, -0.2) is 39.9 Å². The van der Waals surface area contributed by atoms with E-state index in [2.05, 4.69) is 12.1 Å². The summed E-state index contributed by atoms with van der Waals surface area (Å²) >= 11 is 0. The molecule has 2 fully saturated rings. The summed E-state index contributed by atoms with van der Waals surface area (Å²) in [5, 5.41) is 29.9. The number of hydrogen-bond donors (Lipinski definition) is 3. The molecule has 122 valence electrons. The van der Waals surface area contributed by atoms with Gasteiger partial charge < -0.3 is 20.1 Å². The van der Waals surface area contributed by atoms with Gasteiger partial charge in [0.15, 0.2) is 6.29 Å². The molecule has 4 heteroatoms. The number of aryl methyl sites for hydroxylation is 1. The Kier molecular flexibility index (Phi) is 5.14. The molecule has 0 bridgehead atoms. The molecule has 0 amide bonds. The molecule has 1 saturated heterocycles. The van der Waals surface area contributed by atoms with Crippen LogP contribution in [0, 0.1) is 11.8 Å². The van der Waals surface area contributed by atoms with Crippen LogP contribution in [0.4, 0.5) is 0 Å². The van der Waals surface area contributed by atoms with E-state index in [4.69, 9.17) is 4.74 Å². The molecule has 1 aromatic rings. The summed E-state index contributed by atoms with van der Waals surface area (Å²) in [5.74, 6) is 0.389. The topological polar surface area (TPSA) is 69.9 Å². The lowest BCUT2D eigenvalue weighted by atomic mass is 9.86. The molecule has 4 nitrogen and oxygen atoms in total. The fraction of sp³-hybridized carbons (Fsp3) is 0.667. The van der Waals surface area contributed by atoms with Gasteiger partial charge in [-0.1, -0.05) is 30.3 Å². The molecule has 3 rings (SSSR count). The molecule has 1 aromatic carbocycles. The van der Waals surface area contributed by atoms with Crippen LogP contribution in [0.3, 0.4) is 0 Å². The molecular formula is C18H26O4. The Balaban J connectivity index is 1.43. The highest BCUT2D eigenvalue weighted by molar-refractivity contribution is 5.14. The molecule has 6 atom stereocenters. The van der Waals surface area contributed by atoms with Crippen molar-refractivity contribution in [2.45, 2.75) is 63.1 Å². The highest BCUT2D eigenvalue weighted by atomic mass is 16.6. The lowest BCUT2D eigenvalue weighted by molar-refractivity contribution is -0.0951. The smallest absolute Gasteiger partial charge is 0.155 e. The minimum Gasteiger partial charge on any atom is -0.393 e. The maximum atomic E-state index is 10.2. The van der Waals surface area contributed by atoms with Gasteiger partial charge in [0.05, 0.1) is 18.3 Å². The van der Waals surface area contributed by atoms with Crippen molar-refractivity contribution >= 4 is 0 Å². The van der Waals surface area contributed by atoms with Crippen molar-refractivity contribution in [3.8, 4) is 0 Å². The number of benzene rings is 1. The van der Waals surface area contributed by atoms with Crippen LogP contribution in [0.25, 0.3) is 0 Å². The van der Waals surface area contributed by atoms with Gasteiger partial charge in [0.1, 0.15) is 0 Å². The van der Waals surface area contributed by atoms with Gasteiger partial charge in [-0.15, -0.1) is 0 Å². The first-order valence-corrected chi connectivity index (χ1v) is 8.37. The Bertz CT molecular complexity index is 463. The third-order valence-electron chi connectivity index (χ3n) is 5.24.